The average Bonchev–Trinajstić information content (AvgIpc) is 3.14. The SMILES string of the molecule is Cc1cnc(C(=O)N2CCC(c3cncc(-c4cncn4C)n3)CC2)cn1. The first-order chi connectivity index (χ1) is 13.1. The summed E-state index contributed by atoms with van der Waals surface area (Å²) in [5, 5.41) is 0. The lowest BCUT2D eigenvalue weighted by Crippen LogP contribution is -2.38. The van der Waals surface area contributed by atoms with Gasteiger partial charge in [-0.05, 0) is 19.8 Å². The lowest BCUT2D eigenvalue weighted by Gasteiger charge is -2.31. The van der Waals surface area contributed by atoms with Crippen LogP contribution in [0.4, 0.5) is 0 Å². The zero-order valence-corrected chi connectivity index (χ0v) is 15.4. The molecule has 0 aliphatic carbocycles. The Balaban J connectivity index is 1.44. The van der Waals surface area contributed by atoms with Gasteiger partial charge < -0.3 is 9.47 Å². The monoisotopic (exact) mass is 363 g/mol. The van der Waals surface area contributed by atoms with Gasteiger partial charge in [-0.3, -0.25) is 14.8 Å². The quantitative estimate of drug-likeness (QED) is 0.707. The normalized spacial score (nSPS) is 15.1. The van der Waals surface area contributed by atoms with Gasteiger partial charge in [0, 0.05) is 38.4 Å². The third kappa shape index (κ3) is 3.55. The van der Waals surface area contributed by atoms with Crippen molar-refractivity contribution in [1.82, 2.24) is 34.4 Å². The van der Waals surface area contributed by atoms with Crippen LogP contribution in [-0.2, 0) is 7.05 Å². The maximum Gasteiger partial charge on any atom is 0.274 e. The highest BCUT2D eigenvalue weighted by Gasteiger charge is 2.26. The predicted octanol–water partition coefficient (Wildman–Crippen LogP) is 2.00. The van der Waals surface area contributed by atoms with Crippen molar-refractivity contribution in [3.63, 3.8) is 0 Å². The topological polar surface area (TPSA) is 89.7 Å². The summed E-state index contributed by atoms with van der Waals surface area (Å²) in [5.41, 5.74) is 3.93. The Kier molecular flexibility index (Phi) is 4.62. The van der Waals surface area contributed by atoms with Gasteiger partial charge in [0.2, 0.25) is 0 Å². The zero-order valence-electron chi connectivity index (χ0n) is 15.4. The van der Waals surface area contributed by atoms with Crippen molar-refractivity contribution >= 4 is 5.91 Å². The molecular weight excluding hydrogens is 342 g/mol. The zero-order chi connectivity index (χ0) is 18.8. The van der Waals surface area contributed by atoms with Crippen molar-refractivity contribution in [1.29, 1.82) is 0 Å². The van der Waals surface area contributed by atoms with Crippen LogP contribution >= 0.6 is 0 Å². The second-order valence-corrected chi connectivity index (χ2v) is 6.83. The number of amides is 1. The molecule has 4 rings (SSSR count). The Labute approximate surface area is 157 Å². The van der Waals surface area contributed by atoms with E-state index >= 15 is 0 Å². The number of carbonyl (C=O) groups excluding carboxylic acids is 1. The number of hydrogen-bond donors (Lipinski definition) is 0. The highest BCUT2D eigenvalue weighted by atomic mass is 16.2. The summed E-state index contributed by atoms with van der Waals surface area (Å²) in [6.45, 7) is 3.21. The standard InChI is InChI=1S/C19H21N7O/c1-13-7-23-17(10-22-13)19(27)26-5-3-14(4-6-26)15-8-20-9-16(24-15)18-11-21-12-25(18)2/h7-12,14H,3-6H2,1-2H3. The van der Waals surface area contributed by atoms with E-state index in [1.807, 2.05) is 29.6 Å². The Morgan fingerprint density at radius 1 is 1.04 bits per heavy atom. The molecule has 0 unspecified atom stereocenters. The van der Waals surface area contributed by atoms with Crippen LogP contribution in [0.1, 0.15) is 40.6 Å². The molecule has 0 spiro atoms. The minimum absolute atomic E-state index is 0.0596. The van der Waals surface area contributed by atoms with Crippen molar-refractivity contribution in [3.8, 4) is 11.4 Å². The van der Waals surface area contributed by atoms with Gasteiger partial charge in [0.1, 0.15) is 11.4 Å². The second kappa shape index (κ2) is 7.22. The van der Waals surface area contributed by atoms with E-state index in [-0.39, 0.29) is 5.91 Å². The maximum atomic E-state index is 12.6. The molecule has 1 aliphatic heterocycles. The molecule has 0 saturated carbocycles. The van der Waals surface area contributed by atoms with Crippen LogP contribution in [0.25, 0.3) is 11.4 Å². The second-order valence-electron chi connectivity index (χ2n) is 6.83. The van der Waals surface area contributed by atoms with Gasteiger partial charge in [-0.1, -0.05) is 0 Å². The Bertz CT molecular complexity index is 943. The fourth-order valence-corrected chi connectivity index (χ4v) is 3.35. The molecule has 8 heteroatoms. The van der Waals surface area contributed by atoms with E-state index in [0.717, 1.165) is 35.6 Å². The molecule has 1 aliphatic rings. The van der Waals surface area contributed by atoms with Gasteiger partial charge in [0.25, 0.3) is 5.91 Å². The summed E-state index contributed by atoms with van der Waals surface area (Å²) < 4.78 is 1.93. The minimum atomic E-state index is -0.0596. The number of nitrogens with zero attached hydrogens (tertiary/aromatic N) is 7. The number of likely N-dealkylation sites (tertiary alicyclic amines) is 1. The lowest BCUT2D eigenvalue weighted by atomic mass is 9.93. The lowest BCUT2D eigenvalue weighted by molar-refractivity contribution is 0.0705. The summed E-state index contributed by atoms with van der Waals surface area (Å²) in [7, 11) is 1.94. The molecule has 1 fully saturated rings. The molecule has 8 nitrogen and oxygen atoms in total. The van der Waals surface area contributed by atoms with E-state index in [1.54, 1.807) is 31.1 Å². The predicted molar refractivity (Wildman–Crippen MR) is 98.9 cm³/mol. The largest absolute Gasteiger partial charge is 0.337 e. The van der Waals surface area contributed by atoms with E-state index in [0.29, 0.717) is 24.7 Å². The molecule has 0 radical (unpaired) electrons. The van der Waals surface area contributed by atoms with E-state index in [9.17, 15) is 4.79 Å². The Morgan fingerprint density at radius 2 is 1.85 bits per heavy atom. The summed E-state index contributed by atoms with van der Waals surface area (Å²) in [6.07, 6.45) is 12.0. The molecule has 138 valence electrons. The number of piperidine rings is 1. The molecule has 0 bridgehead atoms. The molecule has 3 aromatic heterocycles. The number of hydrogen-bond acceptors (Lipinski definition) is 6. The van der Waals surface area contributed by atoms with Gasteiger partial charge in [-0.2, -0.15) is 0 Å². The summed E-state index contributed by atoms with van der Waals surface area (Å²) >= 11 is 0. The maximum absolute atomic E-state index is 12.6. The van der Waals surface area contributed by atoms with Gasteiger partial charge in [0.15, 0.2) is 0 Å². The first-order valence-corrected chi connectivity index (χ1v) is 8.98. The van der Waals surface area contributed by atoms with Gasteiger partial charge in [0.05, 0.1) is 42.0 Å². The third-order valence-electron chi connectivity index (χ3n) is 4.93. The first kappa shape index (κ1) is 17.3. The van der Waals surface area contributed by atoms with Crippen LogP contribution in [0.15, 0.2) is 37.3 Å². The molecule has 0 atom stereocenters. The number of aromatic nitrogens is 6. The summed E-state index contributed by atoms with van der Waals surface area (Å²) in [5.74, 6) is 0.231. The van der Waals surface area contributed by atoms with Crippen LogP contribution in [0, 0.1) is 6.92 Å². The first-order valence-electron chi connectivity index (χ1n) is 8.98. The number of imidazole rings is 1. The summed E-state index contributed by atoms with van der Waals surface area (Å²) in [4.78, 5) is 36.1. The fourth-order valence-electron chi connectivity index (χ4n) is 3.35. The van der Waals surface area contributed by atoms with E-state index in [1.165, 1.54) is 0 Å². The van der Waals surface area contributed by atoms with Crippen LogP contribution in [0.3, 0.4) is 0 Å². The van der Waals surface area contributed by atoms with Crippen LogP contribution in [0.5, 0.6) is 0 Å². The molecule has 4 heterocycles. The third-order valence-corrected chi connectivity index (χ3v) is 4.93. The Morgan fingerprint density at radius 3 is 2.52 bits per heavy atom. The highest BCUT2D eigenvalue weighted by Crippen LogP contribution is 2.28. The molecule has 3 aromatic rings. The smallest absolute Gasteiger partial charge is 0.274 e. The summed E-state index contributed by atoms with van der Waals surface area (Å²) in [6, 6.07) is 0. The molecule has 1 saturated heterocycles. The van der Waals surface area contributed by atoms with Crippen LogP contribution < -0.4 is 0 Å². The minimum Gasteiger partial charge on any atom is -0.337 e. The van der Waals surface area contributed by atoms with Gasteiger partial charge >= 0.3 is 0 Å². The molecular formula is C19H21N7O. The van der Waals surface area contributed by atoms with Crippen molar-refractivity contribution in [2.75, 3.05) is 13.1 Å². The molecule has 1 amide bonds. The van der Waals surface area contributed by atoms with Crippen molar-refractivity contribution in [3.05, 3.63) is 54.4 Å². The average molecular weight is 363 g/mol. The number of aryl methyl sites for hydroxylation is 2. The molecule has 0 aromatic carbocycles. The van der Waals surface area contributed by atoms with Crippen LogP contribution in [0.2, 0.25) is 0 Å². The number of carbonyl (C=O) groups is 1. The number of rotatable bonds is 3. The van der Waals surface area contributed by atoms with E-state index in [2.05, 4.69) is 19.9 Å². The van der Waals surface area contributed by atoms with Gasteiger partial charge in [-0.25, -0.2) is 15.0 Å². The van der Waals surface area contributed by atoms with Gasteiger partial charge in [-0.15, -0.1) is 0 Å². The molecule has 27 heavy (non-hydrogen) atoms. The van der Waals surface area contributed by atoms with Crippen molar-refractivity contribution in [2.24, 2.45) is 7.05 Å². The van der Waals surface area contributed by atoms with Crippen molar-refractivity contribution in [2.45, 2.75) is 25.7 Å². The highest BCUT2D eigenvalue weighted by molar-refractivity contribution is 5.92. The van der Waals surface area contributed by atoms with E-state index in [4.69, 9.17) is 4.98 Å². The fraction of sp³-hybridized carbons (Fsp3) is 0.368. The Hall–Kier alpha value is -3.16. The van der Waals surface area contributed by atoms with E-state index < -0.39 is 0 Å². The van der Waals surface area contributed by atoms with Crippen LogP contribution in [-0.4, -0.2) is 53.4 Å². The molecule has 0 N–H and O–H groups in total. The van der Waals surface area contributed by atoms with Crippen molar-refractivity contribution < 1.29 is 4.79 Å².